The number of nitrogens with zero attached hydrogens (tertiary/aromatic N) is 1. The van der Waals surface area contributed by atoms with Crippen LogP contribution in [0.15, 0.2) is 22.7 Å². The van der Waals surface area contributed by atoms with Crippen molar-refractivity contribution in [2.45, 2.75) is 39.5 Å². The Kier molecular flexibility index (Phi) is 5.51. The van der Waals surface area contributed by atoms with Gasteiger partial charge in [-0.25, -0.2) is 0 Å². The van der Waals surface area contributed by atoms with Crippen LogP contribution in [0.5, 0.6) is 0 Å². The molecular formula is C16H21BrINO. The Morgan fingerprint density at radius 2 is 1.90 bits per heavy atom. The van der Waals surface area contributed by atoms with Gasteiger partial charge in [-0.3, -0.25) is 4.79 Å². The SMILES string of the molecule is CCC1(CC)CCN(C(=O)c2cc(Br)ccc2I)CC1. The van der Waals surface area contributed by atoms with Gasteiger partial charge in [0.05, 0.1) is 5.56 Å². The second kappa shape index (κ2) is 6.77. The highest BCUT2D eigenvalue weighted by Gasteiger charge is 2.33. The number of amides is 1. The Morgan fingerprint density at radius 1 is 1.30 bits per heavy atom. The first-order valence-electron chi connectivity index (χ1n) is 7.25. The van der Waals surface area contributed by atoms with E-state index in [1.165, 1.54) is 12.8 Å². The van der Waals surface area contributed by atoms with E-state index in [-0.39, 0.29) is 5.91 Å². The summed E-state index contributed by atoms with van der Waals surface area (Å²) in [5, 5.41) is 0. The molecule has 110 valence electrons. The van der Waals surface area contributed by atoms with Gasteiger partial charge in [0.25, 0.3) is 5.91 Å². The summed E-state index contributed by atoms with van der Waals surface area (Å²) in [6.45, 7) is 6.34. The predicted molar refractivity (Wildman–Crippen MR) is 95.0 cm³/mol. The number of carbonyl (C=O) groups excluding carboxylic acids is 1. The van der Waals surface area contributed by atoms with Crippen molar-refractivity contribution in [1.29, 1.82) is 0 Å². The van der Waals surface area contributed by atoms with Gasteiger partial charge < -0.3 is 4.90 Å². The maximum absolute atomic E-state index is 12.7. The lowest BCUT2D eigenvalue weighted by Crippen LogP contribution is -2.43. The van der Waals surface area contributed by atoms with E-state index in [1.54, 1.807) is 0 Å². The molecule has 20 heavy (non-hydrogen) atoms. The maximum atomic E-state index is 12.7. The van der Waals surface area contributed by atoms with E-state index < -0.39 is 0 Å². The van der Waals surface area contributed by atoms with E-state index in [4.69, 9.17) is 0 Å². The molecule has 0 atom stereocenters. The van der Waals surface area contributed by atoms with Gasteiger partial charge in [0.15, 0.2) is 0 Å². The van der Waals surface area contributed by atoms with Crippen LogP contribution in [0.1, 0.15) is 49.9 Å². The van der Waals surface area contributed by atoms with Gasteiger partial charge in [0.1, 0.15) is 0 Å². The van der Waals surface area contributed by atoms with Crippen molar-refractivity contribution in [2.75, 3.05) is 13.1 Å². The minimum atomic E-state index is 0.177. The molecule has 1 heterocycles. The Balaban J connectivity index is 2.10. The molecule has 1 aliphatic rings. The highest BCUT2D eigenvalue weighted by atomic mass is 127. The second-order valence-electron chi connectivity index (χ2n) is 5.62. The molecule has 1 aliphatic heterocycles. The molecule has 1 saturated heterocycles. The molecule has 0 unspecified atom stereocenters. The van der Waals surface area contributed by atoms with Gasteiger partial charge in [0, 0.05) is 21.1 Å². The fraction of sp³-hybridized carbons (Fsp3) is 0.562. The minimum Gasteiger partial charge on any atom is -0.339 e. The van der Waals surface area contributed by atoms with Crippen LogP contribution in [0.4, 0.5) is 0 Å². The average Bonchev–Trinajstić information content (AvgIpc) is 2.49. The van der Waals surface area contributed by atoms with Crippen LogP contribution in [0, 0.1) is 8.99 Å². The number of rotatable bonds is 3. The van der Waals surface area contributed by atoms with E-state index in [2.05, 4.69) is 52.4 Å². The van der Waals surface area contributed by atoms with E-state index in [0.717, 1.165) is 39.5 Å². The Hall–Kier alpha value is -0.100. The standard InChI is InChI=1S/C16H21BrINO/c1-3-16(4-2)7-9-19(10-8-16)15(20)13-11-12(17)5-6-14(13)18/h5-6,11H,3-4,7-10H2,1-2H3. The van der Waals surface area contributed by atoms with Crippen molar-refractivity contribution in [1.82, 2.24) is 4.90 Å². The molecule has 1 amide bonds. The average molecular weight is 450 g/mol. The summed E-state index contributed by atoms with van der Waals surface area (Å²) in [6.07, 6.45) is 4.71. The van der Waals surface area contributed by atoms with Gasteiger partial charge in [-0.15, -0.1) is 0 Å². The van der Waals surface area contributed by atoms with Gasteiger partial charge in [-0.1, -0.05) is 42.6 Å². The van der Waals surface area contributed by atoms with Crippen LogP contribution in [0.25, 0.3) is 0 Å². The molecule has 0 saturated carbocycles. The largest absolute Gasteiger partial charge is 0.339 e. The van der Waals surface area contributed by atoms with Crippen molar-refractivity contribution in [3.8, 4) is 0 Å². The molecular weight excluding hydrogens is 429 g/mol. The Morgan fingerprint density at radius 3 is 2.45 bits per heavy atom. The highest BCUT2D eigenvalue weighted by molar-refractivity contribution is 14.1. The van der Waals surface area contributed by atoms with E-state index in [1.807, 2.05) is 23.1 Å². The van der Waals surface area contributed by atoms with Gasteiger partial charge in [-0.2, -0.15) is 0 Å². The summed E-state index contributed by atoms with van der Waals surface area (Å²) >= 11 is 5.70. The molecule has 2 rings (SSSR count). The van der Waals surface area contributed by atoms with Gasteiger partial charge >= 0.3 is 0 Å². The quantitative estimate of drug-likeness (QED) is 0.588. The van der Waals surface area contributed by atoms with Crippen molar-refractivity contribution < 1.29 is 4.79 Å². The summed E-state index contributed by atoms with van der Waals surface area (Å²) in [7, 11) is 0. The van der Waals surface area contributed by atoms with E-state index in [9.17, 15) is 4.79 Å². The third-order valence-electron chi connectivity index (χ3n) is 4.77. The molecule has 1 aromatic carbocycles. The minimum absolute atomic E-state index is 0.177. The van der Waals surface area contributed by atoms with Crippen LogP contribution in [-0.4, -0.2) is 23.9 Å². The summed E-state index contributed by atoms with van der Waals surface area (Å²) < 4.78 is 1.99. The zero-order valence-electron chi connectivity index (χ0n) is 12.1. The number of halogens is 2. The summed E-state index contributed by atoms with van der Waals surface area (Å²) in [5.74, 6) is 0.177. The number of hydrogen-bond donors (Lipinski definition) is 0. The van der Waals surface area contributed by atoms with Gasteiger partial charge in [0.2, 0.25) is 0 Å². The molecule has 1 aromatic rings. The number of hydrogen-bond acceptors (Lipinski definition) is 1. The third-order valence-corrected chi connectivity index (χ3v) is 6.20. The number of benzene rings is 1. The first-order valence-corrected chi connectivity index (χ1v) is 9.13. The fourth-order valence-corrected chi connectivity index (χ4v) is 3.90. The second-order valence-corrected chi connectivity index (χ2v) is 7.70. The Bertz CT molecular complexity index is 489. The molecule has 1 fully saturated rings. The number of carbonyl (C=O) groups is 1. The van der Waals surface area contributed by atoms with E-state index in [0.29, 0.717) is 5.41 Å². The lowest BCUT2D eigenvalue weighted by molar-refractivity contribution is 0.0556. The first kappa shape index (κ1) is 16.3. The highest BCUT2D eigenvalue weighted by Crippen LogP contribution is 2.38. The molecule has 0 bridgehead atoms. The molecule has 0 aromatic heterocycles. The van der Waals surface area contributed by atoms with Crippen LogP contribution in [-0.2, 0) is 0 Å². The maximum Gasteiger partial charge on any atom is 0.254 e. The zero-order valence-corrected chi connectivity index (χ0v) is 15.8. The number of piperidine rings is 1. The van der Waals surface area contributed by atoms with Crippen molar-refractivity contribution in [2.24, 2.45) is 5.41 Å². The molecule has 4 heteroatoms. The van der Waals surface area contributed by atoms with E-state index >= 15 is 0 Å². The predicted octanol–water partition coefficient (Wildman–Crippen LogP) is 5.10. The zero-order chi connectivity index (χ0) is 14.8. The number of likely N-dealkylation sites (tertiary alicyclic amines) is 1. The van der Waals surface area contributed by atoms with Crippen molar-refractivity contribution in [3.63, 3.8) is 0 Å². The molecule has 0 N–H and O–H groups in total. The lowest BCUT2D eigenvalue weighted by atomic mass is 9.74. The fourth-order valence-electron chi connectivity index (χ4n) is 2.97. The molecule has 0 spiro atoms. The smallest absolute Gasteiger partial charge is 0.254 e. The monoisotopic (exact) mass is 449 g/mol. The van der Waals surface area contributed by atoms with Crippen LogP contribution in [0.2, 0.25) is 0 Å². The summed E-state index contributed by atoms with van der Waals surface area (Å²) in [6, 6.07) is 5.91. The lowest BCUT2D eigenvalue weighted by Gasteiger charge is -2.41. The van der Waals surface area contributed by atoms with Crippen molar-refractivity contribution in [3.05, 3.63) is 31.8 Å². The van der Waals surface area contributed by atoms with Gasteiger partial charge in [-0.05, 0) is 59.0 Å². The van der Waals surface area contributed by atoms with Crippen LogP contribution >= 0.6 is 38.5 Å². The molecule has 0 aliphatic carbocycles. The molecule has 0 radical (unpaired) electrons. The first-order chi connectivity index (χ1) is 9.51. The normalized spacial score (nSPS) is 18.1. The summed E-state index contributed by atoms with van der Waals surface area (Å²) in [4.78, 5) is 14.7. The van der Waals surface area contributed by atoms with Crippen LogP contribution in [0.3, 0.4) is 0 Å². The van der Waals surface area contributed by atoms with Crippen molar-refractivity contribution >= 4 is 44.4 Å². The van der Waals surface area contributed by atoms with Crippen LogP contribution < -0.4 is 0 Å². The Labute approximate surface area is 143 Å². The topological polar surface area (TPSA) is 20.3 Å². The third kappa shape index (κ3) is 3.38. The summed E-state index contributed by atoms with van der Waals surface area (Å²) in [5.41, 5.74) is 1.28. The molecule has 2 nitrogen and oxygen atoms in total.